The molecule has 1 amide bonds. The molecule has 9 heteroatoms. The summed E-state index contributed by atoms with van der Waals surface area (Å²) >= 11 is 0. The predicted octanol–water partition coefficient (Wildman–Crippen LogP) is 3.39. The van der Waals surface area contributed by atoms with Gasteiger partial charge in [0.1, 0.15) is 5.69 Å². The van der Waals surface area contributed by atoms with Gasteiger partial charge in [0, 0.05) is 24.8 Å². The Morgan fingerprint density at radius 1 is 1.11 bits per heavy atom. The smallest absolute Gasteiger partial charge is 0.338 e. The van der Waals surface area contributed by atoms with Crippen molar-refractivity contribution in [2.75, 3.05) is 13.1 Å². The van der Waals surface area contributed by atoms with E-state index in [2.05, 4.69) is 15.1 Å². The van der Waals surface area contributed by atoms with Gasteiger partial charge in [-0.25, -0.2) is 0 Å². The van der Waals surface area contributed by atoms with E-state index in [1.54, 1.807) is 18.3 Å². The first-order valence-electron chi connectivity index (χ1n) is 8.13. The average Bonchev–Trinajstić information content (AvgIpc) is 3.10. The Kier molecular flexibility index (Phi) is 4.14. The van der Waals surface area contributed by atoms with Crippen LogP contribution in [0.1, 0.15) is 27.7 Å². The van der Waals surface area contributed by atoms with E-state index in [4.69, 9.17) is 4.52 Å². The highest BCUT2D eigenvalue weighted by atomic mass is 19.4. The minimum atomic E-state index is -4.42. The van der Waals surface area contributed by atoms with Crippen molar-refractivity contribution in [1.82, 2.24) is 20.0 Å². The van der Waals surface area contributed by atoms with Crippen LogP contribution in [-0.4, -0.2) is 39.0 Å². The molecule has 0 bridgehead atoms. The molecule has 3 aromatic rings. The number of hydrogen-bond donors (Lipinski definition) is 0. The summed E-state index contributed by atoms with van der Waals surface area (Å²) in [6.45, 7) is 0.730. The van der Waals surface area contributed by atoms with E-state index in [0.717, 1.165) is 12.1 Å². The van der Waals surface area contributed by atoms with Crippen molar-refractivity contribution in [3.63, 3.8) is 0 Å². The number of amides is 1. The lowest BCUT2D eigenvalue weighted by atomic mass is 9.98. The zero-order valence-electron chi connectivity index (χ0n) is 13.8. The second kappa shape index (κ2) is 6.49. The SMILES string of the molecule is O=C(c1ccc(C(F)(F)F)cc1)N1CC(c2nc(-c3ccccn3)no2)C1. The molecule has 4 rings (SSSR count). The molecular formula is C18H13F3N4O2. The fourth-order valence-corrected chi connectivity index (χ4v) is 2.79. The van der Waals surface area contributed by atoms with Crippen LogP contribution >= 0.6 is 0 Å². The number of carbonyl (C=O) groups excluding carboxylic acids is 1. The van der Waals surface area contributed by atoms with Gasteiger partial charge in [-0.3, -0.25) is 9.78 Å². The molecule has 1 aromatic carbocycles. The topological polar surface area (TPSA) is 72.1 Å². The predicted molar refractivity (Wildman–Crippen MR) is 87.6 cm³/mol. The largest absolute Gasteiger partial charge is 0.416 e. The highest BCUT2D eigenvalue weighted by Crippen LogP contribution is 2.31. The van der Waals surface area contributed by atoms with Crippen molar-refractivity contribution in [2.24, 2.45) is 0 Å². The van der Waals surface area contributed by atoms with Crippen molar-refractivity contribution in [1.29, 1.82) is 0 Å². The van der Waals surface area contributed by atoms with Crippen LogP contribution in [0, 0.1) is 0 Å². The third kappa shape index (κ3) is 3.40. The summed E-state index contributed by atoms with van der Waals surface area (Å²) in [5.74, 6) is 0.350. The van der Waals surface area contributed by atoms with Gasteiger partial charge in [0.15, 0.2) is 0 Å². The van der Waals surface area contributed by atoms with Gasteiger partial charge < -0.3 is 9.42 Å². The number of rotatable bonds is 3. The Bertz CT molecular complexity index is 949. The van der Waals surface area contributed by atoms with Gasteiger partial charge in [-0.05, 0) is 36.4 Å². The van der Waals surface area contributed by atoms with Crippen molar-refractivity contribution in [3.05, 3.63) is 65.7 Å². The summed E-state index contributed by atoms with van der Waals surface area (Å²) in [6, 6.07) is 9.53. The number of likely N-dealkylation sites (tertiary alicyclic amines) is 1. The Hall–Kier alpha value is -3.23. The van der Waals surface area contributed by atoms with E-state index in [-0.39, 0.29) is 17.4 Å². The molecule has 0 aliphatic carbocycles. The van der Waals surface area contributed by atoms with Gasteiger partial charge in [0.2, 0.25) is 11.7 Å². The van der Waals surface area contributed by atoms with Crippen LogP contribution < -0.4 is 0 Å². The number of benzene rings is 1. The summed E-state index contributed by atoms with van der Waals surface area (Å²) in [5.41, 5.74) is 0.0131. The second-order valence-corrected chi connectivity index (χ2v) is 6.15. The van der Waals surface area contributed by atoms with Gasteiger partial charge in [0.05, 0.1) is 11.5 Å². The van der Waals surface area contributed by atoms with Crippen LogP contribution in [0.4, 0.5) is 13.2 Å². The van der Waals surface area contributed by atoms with E-state index in [9.17, 15) is 18.0 Å². The van der Waals surface area contributed by atoms with E-state index in [1.807, 2.05) is 6.07 Å². The highest BCUT2D eigenvalue weighted by Gasteiger charge is 2.36. The summed E-state index contributed by atoms with van der Waals surface area (Å²) in [4.78, 5) is 22.3. The van der Waals surface area contributed by atoms with Crippen LogP contribution in [0.2, 0.25) is 0 Å². The van der Waals surface area contributed by atoms with Crippen molar-refractivity contribution in [2.45, 2.75) is 12.1 Å². The summed E-state index contributed by atoms with van der Waals surface area (Å²) in [6.07, 6.45) is -2.80. The molecule has 27 heavy (non-hydrogen) atoms. The van der Waals surface area contributed by atoms with Gasteiger partial charge in [0.25, 0.3) is 5.91 Å². The molecule has 0 atom stereocenters. The number of halogens is 3. The molecule has 3 heterocycles. The van der Waals surface area contributed by atoms with Crippen molar-refractivity contribution >= 4 is 5.91 Å². The average molecular weight is 374 g/mol. The summed E-state index contributed by atoms with van der Waals surface area (Å²) in [5, 5.41) is 3.89. The third-order valence-electron chi connectivity index (χ3n) is 4.31. The minimum Gasteiger partial charge on any atom is -0.338 e. The minimum absolute atomic E-state index is 0.103. The van der Waals surface area contributed by atoms with E-state index < -0.39 is 11.7 Å². The Morgan fingerprint density at radius 2 is 1.85 bits per heavy atom. The standard InChI is InChI=1S/C18H13F3N4O2/c19-18(20,21)13-6-4-11(5-7-13)17(26)25-9-12(10-25)16-23-15(24-27-16)14-3-1-2-8-22-14/h1-8,12H,9-10H2. The number of nitrogens with zero attached hydrogens (tertiary/aromatic N) is 4. The Morgan fingerprint density at radius 3 is 2.48 bits per heavy atom. The van der Waals surface area contributed by atoms with Crippen LogP contribution in [0.25, 0.3) is 11.5 Å². The first kappa shape index (κ1) is 17.2. The van der Waals surface area contributed by atoms with E-state index in [0.29, 0.717) is 30.5 Å². The fraction of sp³-hybridized carbons (Fsp3) is 0.222. The Balaban J connectivity index is 1.39. The van der Waals surface area contributed by atoms with Gasteiger partial charge in [-0.2, -0.15) is 18.2 Å². The maximum Gasteiger partial charge on any atom is 0.416 e. The number of alkyl halides is 3. The first-order chi connectivity index (χ1) is 12.9. The molecule has 138 valence electrons. The molecule has 0 unspecified atom stereocenters. The molecule has 1 aliphatic heterocycles. The first-order valence-corrected chi connectivity index (χ1v) is 8.13. The van der Waals surface area contributed by atoms with E-state index >= 15 is 0 Å². The molecular weight excluding hydrogens is 361 g/mol. The number of aromatic nitrogens is 3. The maximum absolute atomic E-state index is 12.6. The van der Waals surface area contributed by atoms with Gasteiger partial charge in [-0.1, -0.05) is 11.2 Å². The molecule has 1 saturated heterocycles. The summed E-state index contributed by atoms with van der Waals surface area (Å²) in [7, 11) is 0. The fourth-order valence-electron chi connectivity index (χ4n) is 2.79. The Labute approximate surface area is 151 Å². The molecule has 6 nitrogen and oxygen atoms in total. The number of hydrogen-bond acceptors (Lipinski definition) is 5. The lowest BCUT2D eigenvalue weighted by Gasteiger charge is -2.37. The van der Waals surface area contributed by atoms with E-state index in [1.165, 1.54) is 17.0 Å². The second-order valence-electron chi connectivity index (χ2n) is 6.15. The van der Waals surface area contributed by atoms with Crippen LogP contribution in [0.15, 0.2) is 53.2 Å². The molecule has 2 aromatic heterocycles. The normalized spacial score (nSPS) is 14.9. The molecule has 0 radical (unpaired) electrons. The monoisotopic (exact) mass is 374 g/mol. The number of pyridine rings is 1. The van der Waals surface area contributed by atoms with Crippen LogP contribution in [0.3, 0.4) is 0 Å². The van der Waals surface area contributed by atoms with Gasteiger partial charge in [-0.15, -0.1) is 0 Å². The third-order valence-corrected chi connectivity index (χ3v) is 4.31. The van der Waals surface area contributed by atoms with Crippen LogP contribution in [-0.2, 0) is 6.18 Å². The summed E-state index contributed by atoms with van der Waals surface area (Å²) < 4.78 is 43.0. The van der Waals surface area contributed by atoms with Crippen molar-refractivity contribution in [3.8, 4) is 11.5 Å². The molecule has 1 fully saturated rings. The quantitative estimate of drug-likeness (QED) is 0.703. The van der Waals surface area contributed by atoms with Crippen LogP contribution in [0.5, 0.6) is 0 Å². The van der Waals surface area contributed by atoms with Crippen molar-refractivity contribution < 1.29 is 22.5 Å². The lowest BCUT2D eigenvalue weighted by Crippen LogP contribution is -2.48. The number of carbonyl (C=O) groups is 1. The zero-order chi connectivity index (χ0) is 19.0. The maximum atomic E-state index is 12.6. The molecule has 0 N–H and O–H groups in total. The molecule has 1 aliphatic rings. The highest BCUT2D eigenvalue weighted by molar-refractivity contribution is 5.94. The lowest BCUT2D eigenvalue weighted by molar-refractivity contribution is -0.137. The van der Waals surface area contributed by atoms with Gasteiger partial charge >= 0.3 is 6.18 Å². The molecule has 0 saturated carbocycles. The zero-order valence-corrected chi connectivity index (χ0v) is 13.8. The molecule has 0 spiro atoms.